The van der Waals surface area contributed by atoms with Crippen LogP contribution < -0.4 is 0 Å². The maximum absolute atomic E-state index is 12.3. The van der Waals surface area contributed by atoms with E-state index in [0.717, 1.165) is 31.3 Å². The lowest BCUT2D eigenvalue weighted by Gasteiger charge is -2.07. The van der Waals surface area contributed by atoms with Gasteiger partial charge in [0.05, 0.1) is 16.5 Å². The van der Waals surface area contributed by atoms with Gasteiger partial charge in [0.15, 0.2) is 5.78 Å². The van der Waals surface area contributed by atoms with Gasteiger partial charge in [0.25, 0.3) is 5.69 Å². The van der Waals surface area contributed by atoms with Gasteiger partial charge in [-0.25, -0.2) is 0 Å². The second-order valence-corrected chi connectivity index (χ2v) is 5.29. The molecule has 21 heavy (non-hydrogen) atoms. The Hall–Kier alpha value is -2.21. The van der Waals surface area contributed by atoms with Gasteiger partial charge in [-0.2, -0.15) is 0 Å². The number of fused-ring (bicyclic) bond motifs is 1. The van der Waals surface area contributed by atoms with Crippen molar-refractivity contribution in [2.45, 2.75) is 31.8 Å². The molecule has 1 unspecified atom stereocenters. The minimum Gasteiger partial charge on any atom is -0.378 e. The van der Waals surface area contributed by atoms with Crippen LogP contribution in [0.15, 0.2) is 24.4 Å². The molecule has 1 aliphatic heterocycles. The van der Waals surface area contributed by atoms with Gasteiger partial charge in [-0.05, 0) is 25.3 Å². The Labute approximate surface area is 121 Å². The maximum Gasteiger partial charge on any atom is 0.271 e. The van der Waals surface area contributed by atoms with Crippen LogP contribution in [-0.2, 0) is 4.74 Å². The Balaban J connectivity index is 1.76. The summed E-state index contributed by atoms with van der Waals surface area (Å²) in [5.74, 6) is 0.0469. The number of hydrogen-bond acceptors (Lipinski definition) is 4. The molecule has 2 aromatic rings. The molecule has 0 bridgehead atoms. The van der Waals surface area contributed by atoms with Crippen LogP contribution in [-0.4, -0.2) is 28.4 Å². The SMILES string of the molecule is O=C(CCC1CCCO1)c1c[nH]c2cc([N+](=O)[O-])ccc12. The third-order valence-corrected chi connectivity index (χ3v) is 3.89. The van der Waals surface area contributed by atoms with E-state index in [9.17, 15) is 14.9 Å². The molecule has 1 atom stereocenters. The molecule has 0 saturated carbocycles. The van der Waals surface area contributed by atoms with Gasteiger partial charge in [0.2, 0.25) is 0 Å². The van der Waals surface area contributed by atoms with Crippen LogP contribution >= 0.6 is 0 Å². The van der Waals surface area contributed by atoms with Crippen molar-refractivity contribution in [3.8, 4) is 0 Å². The largest absolute Gasteiger partial charge is 0.378 e. The normalized spacial score (nSPS) is 18.2. The van der Waals surface area contributed by atoms with Crippen molar-refractivity contribution in [1.82, 2.24) is 4.98 Å². The van der Waals surface area contributed by atoms with E-state index in [0.29, 0.717) is 17.5 Å². The van der Waals surface area contributed by atoms with Crippen LogP contribution in [0.5, 0.6) is 0 Å². The number of ketones is 1. The summed E-state index contributed by atoms with van der Waals surface area (Å²) in [6.45, 7) is 0.787. The lowest BCUT2D eigenvalue weighted by Crippen LogP contribution is -2.08. The van der Waals surface area contributed by atoms with E-state index < -0.39 is 4.92 Å². The monoisotopic (exact) mass is 288 g/mol. The van der Waals surface area contributed by atoms with Gasteiger partial charge >= 0.3 is 0 Å². The van der Waals surface area contributed by atoms with E-state index in [1.807, 2.05) is 0 Å². The number of aromatic amines is 1. The molecule has 0 radical (unpaired) electrons. The number of benzene rings is 1. The molecule has 0 amide bonds. The molecule has 0 aliphatic carbocycles. The van der Waals surface area contributed by atoms with E-state index in [1.165, 1.54) is 12.1 Å². The third-order valence-electron chi connectivity index (χ3n) is 3.89. The summed E-state index contributed by atoms with van der Waals surface area (Å²) in [5.41, 5.74) is 1.23. The molecule has 6 heteroatoms. The van der Waals surface area contributed by atoms with E-state index in [-0.39, 0.29) is 17.6 Å². The number of aromatic nitrogens is 1. The van der Waals surface area contributed by atoms with E-state index >= 15 is 0 Å². The fraction of sp³-hybridized carbons (Fsp3) is 0.400. The maximum atomic E-state index is 12.3. The van der Waals surface area contributed by atoms with Crippen LogP contribution in [0.2, 0.25) is 0 Å². The smallest absolute Gasteiger partial charge is 0.271 e. The topological polar surface area (TPSA) is 85.2 Å². The van der Waals surface area contributed by atoms with Crippen LogP contribution in [0.1, 0.15) is 36.0 Å². The average Bonchev–Trinajstić information content (AvgIpc) is 3.13. The lowest BCUT2D eigenvalue weighted by atomic mass is 10.0. The minimum absolute atomic E-state index is 0.0164. The highest BCUT2D eigenvalue weighted by Crippen LogP contribution is 2.25. The molecular formula is C15H16N2O4. The summed E-state index contributed by atoms with van der Waals surface area (Å²) in [5, 5.41) is 11.5. The van der Waals surface area contributed by atoms with Crippen LogP contribution in [0.4, 0.5) is 5.69 Å². The number of nitro groups is 1. The van der Waals surface area contributed by atoms with Crippen molar-refractivity contribution in [2.75, 3.05) is 6.61 Å². The number of carbonyl (C=O) groups is 1. The van der Waals surface area contributed by atoms with Gasteiger partial charge in [-0.15, -0.1) is 0 Å². The predicted octanol–water partition coefficient (Wildman–Crippen LogP) is 3.22. The number of hydrogen-bond donors (Lipinski definition) is 1. The first-order chi connectivity index (χ1) is 10.1. The molecule has 1 aromatic carbocycles. The zero-order chi connectivity index (χ0) is 14.8. The van der Waals surface area contributed by atoms with E-state index in [1.54, 1.807) is 12.3 Å². The van der Waals surface area contributed by atoms with Gasteiger partial charge in [-0.3, -0.25) is 14.9 Å². The van der Waals surface area contributed by atoms with Gasteiger partial charge in [0.1, 0.15) is 0 Å². The molecule has 1 aromatic heterocycles. The van der Waals surface area contributed by atoms with Crippen LogP contribution in [0.25, 0.3) is 10.9 Å². The Morgan fingerprint density at radius 3 is 3.05 bits per heavy atom. The van der Waals surface area contributed by atoms with Crippen molar-refractivity contribution in [3.63, 3.8) is 0 Å². The highest BCUT2D eigenvalue weighted by molar-refractivity contribution is 6.08. The number of Topliss-reactive ketones (excluding diaryl/α,β-unsaturated/α-hetero) is 1. The van der Waals surface area contributed by atoms with Crippen molar-refractivity contribution in [2.24, 2.45) is 0 Å². The summed E-state index contributed by atoms with van der Waals surface area (Å²) in [4.78, 5) is 25.5. The molecule has 2 heterocycles. The average molecular weight is 288 g/mol. The molecule has 3 rings (SSSR count). The molecule has 110 valence electrons. The standard InChI is InChI=1S/C15H16N2O4/c18-15(6-4-11-2-1-7-21-11)13-9-16-14-8-10(17(19)20)3-5-12(13)14/h3,5,8-9,11,16H,1-2,4,6-7H2. The number of nitrogens with zero attached hydrogens (tertiary/aromatic N) is 1. The first-order valence-corrected chi connectivity index (χ1v) is 7.05. The fourth-order valence-corrected chi connectivity index (χ4v) is 2.76. The molecule has 1 aliphatic rings. The van der Waals surface area contributed by atoms with Crippen molar-refractivity contribution in [1.29, 1.82) is 0 Å². The molecular weight excluding hydrogens is 272 g/mol. The van der Waals surface area contributed by atoms with Gasteiger partial charge in [0, 0.05) is 42.3 Å². The van der Waals surface area contributed by atoms with E-state index in [2.05, 4.69) is 4.98 Å². The van der Waals surface area contributed by atoms with Gasteiger partial charge < -0.3 is 9.72 Å². The lowest BCUT2D eigenvalue weighted by molar-refractivity contribution is -0.384. The number of ether oxygens (including phenoxy) is 1. The quantitative estimate of drug-likeness (QED) is 0.520. The molecule has 1 fully saturated rings. The van der Waals surface area contributed by atoms with Crippen molar-refractivity contribution in [3.05, 3.63) is 40.1 Å². The molecule has 1 N–H and O–H groups in total. The highest BCUT2D eigenvalue weighted by atomic mass is 16.6. The number of H-pyrrole nitrogens is 1. The highest BCUT2D eigenvalue weighted by Gasteiger charge is 2.19. The Kier molecular flexibility index (Phi) is 3.70. The number of carbonyl (C=O) groups excluding carboxylic acids is 1. The Morgan fingerprint density at radius 1 is 1.48 bits per heavy atom. The molecule has 6 nitrogen and oxygen atoms in total. The third kappa shape index (κ3) is 2.80. The van der Waals surface area contributed by atoms with Crippen LogP contribution in [0, 0.1) is 10.1 Å². The van der Waals surface area contributed by atoms with E-state index in [4.69, 9.17) is 4.74 Å². The number of nitro benzene ring substituents is 1. The predicted molar refractivity (Wildman–Crippen MR) is 77.5 cm³/mol. The second kappa shape index (κ2) is 5.65. The first-order valence-electron chi connectivity index (χ1n) is 7.05. The Morgan fingerprint density at radius 2 is 2.33 bits per heavy atom. The minimum atomic E-state index is -0.445. The zero-order valence-corrected chi connectivity index (χ0v) is 11.5. The summed E-state index contributed by atoms with van der Waals surface area (Å²) in [6, 6.07) is 4.50. The Bertz CT molecular complexity index is 686. The second-order valence-electron chi connectivity index (χ2n) is 5.29. The number of rotatable bonds is 5. The summed E-state index contributed by atoms with van der Waals surface area (Å²) in [6.07, 6.45) is 5.09. The fourth-order valence-electron chi connectivity index (χ4n) is 2.76. The number of nitrogens with one attached hydrogen (secondary N) is 1. The zero-order valence-electron chi connectivity index (χ0n) is 11.5. The van der Waals surface area contributed by atoms with Crippen molar-refractivity contribution < 1.29 is 14.5 Å². The van der Waals surface area contributed by atoms with Crippen LogP contribution in [0.3, 0.4) is 0 Å². The summed E-state index contributed by atoms with van der Waals surface area (Å²) >= 11 is 0. The summed E-state index contributed by atoms with van der Waals surface area (Å²) in [7, 11) is 0. The van der Waals surface area contributed by atoms with Gasteiger partial charge in [-0.1, -0.05) is 0 Å². The van der Waals surface area contributed by atoms with Crippen molar-refractivity contribution >= 4 is 22.4 Å². The molecule has 0 spiro atoms. The molecule has 1 saturated heterocycles. The summed E-state index contributed by atoms with van der Waals surface area (Å²) < 4.78 is 5.52. The number of non-ortho nitro benzene ring substituents is 1. The first kappa shape index (κ1) is 13.8.